The van der Waals surface area contributed by atoms with Crippen LogP contribution in [0.25, 0.3) is 33.3 Å². The zero-order valence-electron chi connectivity index (χ0n) is 19.3. The third kappa shape index (κ3) is 4.86. The van der Waals surface area contributed by atoms with E-state index in [1.807, 2.05) is 48.8 Å². The van der Waals surface area contributed by atoms with Gasteiger partial charge in [0.1, 0.15) is 8.80 Å². The topological polar surface area (TPSA) is 25.8 Å². The molecular weight excluding hydrogens is 636 g/mol. The van der Waals surface area contributed by atoms with E-state index in [9.17, 15) is 0 Å². The van der Waals surface area contributed by atoms with Gasteiger partial charge in [-0.15, -0.1) is 63.3 Å². The summed E-state index contributed by atoms with van der Waals surface area (Å²) in [5.41, 5.74) is 3.88. The molecule has 1 radical (unpaired) electrons. The van der Waals surface area contributed by atoms with E-state index in [2.05, 4.69) is 101 Å². The van der Waals surface area contributed by atoms with Crippen molar-refractivity contribution >= 4 is 35.1 Å². The molecule has 0 aliphatic rings. The van der Waals surface area contributed by atoms with Gasteiger partial charge in [0.25, 0.3) is 0 Å². The van der Waals surface area contributed by atoms with Crippen molar-refractivity contribution in [2.45, 2.75) is 0 Å². The molecule has 0 atom stereocenters. The maximum Gasteiger partial charge on any atom is 2.00 e. The Kier molecular flexibility index (Phi) is 7.32. The van der Waals surface area contributed by atoms with Crippen LogP contribution in [0.15, 0.2) is 128 Å². The Balaban J connectivity index is 0.00000267. The number of nitrogens with zero attached hydrogens (tertiary/aromatic N) is 2. The Morgan fingerprint density at radius 2 is 1.22 bits per heavy atom. The molecule has 0 bridgehead atoms. The van der Waals surface area contributed by atoms with Crippen LogP contribution in [0.1, 0.15) is 0 Å². The Hall–Kier alpha value is -3.65. The molecule has 2 heterocycles. The maximum atomic E-state index is 4.62. The minimum atomic E-state index is -1.43. The minimum absolute atomic E-state index is 0. The number of benzene rings is 4. The van der Waals surface area contributed by atoms with Gasteiger partial charge in [0.15, 0.2) is 0 Å². The molecule has 173 valence electrons. The first kappa shape index (κ1) is 24.1. The number of fused-ring (bicyclic) bond motifs is 1. The van der Waals surface area contributed by atoms with Gasteiger partial charge in [-0.25, -0.2) is 0 Å². The number of aromatic nitrogens is 2. The summed E-state index contributed by atoms with van der Waals surface area (Å²) < 4.78 is 0. The minimum Gasteiger partial charge on any atom is -0.305 e. The van der Waals surface area contributed by atoms with Crippen LogP contribution in [-0.2, 0) is 21.1 Å². The van der Waals surface area contributed by atoms with Crippen molar-refractivity contribution in [3.05, 3.63) is 140 Å². The van der Waals surface area contributed by atoms with Gasteiger partial charge in [-0.1, -0.05) is 89.4 Å². The molecular formula is C32H21N2PtSi. The van der Waals surface area contributed by atoms with Crippen molar-refractivity contribution in [1.82, 2.24) is 9.97 Å². The molecule has 0 spiro atoms. The largest absolute Gasteiger partial charge is 2.00 e. The molecule has 0 saturated heterocycles. The second kappa shape index (κ2) is 10.9. The van der Waals surface area contributed by atoms with Crippen LogP contribution < -0.4 is 15.6 Å². The molecule has 0 aliphatic carbocycles. The summed E-state index contributed by atoms with van der Waals surface area (Å²) in [6, 6.07) is 47.5. The van der Waals surface area contributed by atoms with Crippen molar-refractivity contribution in [1.29, 1.82) is 0 Å². The number of rotatable bonds is 5. The Morgan fingerprint density at radius 1 is 0.556 bits per heavy atom. The second-order valence-electron chi connectivity index (χ2n) is 8.29. The third-order valence-corrected chi connectivity index (χ3v) is 8.68. The van der Waals surface area contributed by atoms with Gasteiger partial charge in [-0.3, -0.25) is 0 Å². The van der Waals surface area contributed by atoms with Crippen LogP contribution in [0.4, 0.5) is 0 Å². The number of hydrogen-bond acceptors (Lipinski definition) is 2. The average Bonchev–Trinajstić information content (AvgIpc) is 2.95. The van der Waals surface area contributed by atoms with E-state index in [4.69, 9.17) is 0 Å². The third-order valence-electron chi connectivity index (χ3n) is 6.05. The van der Waals surface area contributed by atoms with Gasteiger partial charge in [0.2, 0.25) is 0 Å². The van der Waals surface area contributed by atoms with Gasteiger partial charge in [0.05, 0.1) is 0 Å². The standard InChI is InChI=1S/C32H21N2Si.Pt/c1-2-13-27(14-3-1)35(28-15-10-12-25(22-28)30-17-6-8-19-33-30)32-23-26(31-18-7-9-20-34-31)21-24-11-4-5-16-29(24)32;/h1-21H;/q-2;+2. The van der Waals surface area contributed by atoms with E-state index < -0.39 is 8.80 Å². The van der Waals surface area contributed by atoms with Crippen molar-refractivity contribution < 1.29 is 21.1 Å². The van der Waals surface area contributed by atoms with Gasteiger partial charge >= 0.3 is 21.1 Å². The molecule has 0 N–H and O–H groups in total. The Labute approximate surface area is 227 Å². The summed E-state index contributed by atoms with van der Waals surface area (Å²) >= 11 is 0. The van der Waals surface area contributed by atoms with E-state index >= 15 is 0 Å². The van der Waals surface area contributed by atoms with Crippen molar-refractivity contribution in [2.24, 2.45) is 0 Å². The Morgan fingerprint density at radius 3 is 1.94 bits per heavy atom. The number of pyridine rings is 2. The fourth-order valence-corrected chi connectivity index (χ4v) is 7.10. The SMILES string of the molecule is [Pt+2].[c-]1c(-c2ccccn2)cccc1[Si](c1ccccc1)c1[c-]c(-c2ccccn2)cc2ccccc12. The molecule has 6 rings (SSSR count). The van der Waals surface area contributed by atoms with E-state index in [0.29, 0.717) is 0 Å². The Bertz CT molecular complexity index is 1590. The molecule has 0 unspecified atom stereocenters. The van der Waals surface area contributed by atoms with Crippen LogP contribution in [0, 0.1) is 12.1 Å². The molecule has 4 heteroatoms. The first-order chi connectivity index (χ1) is 17.4. The molecule has 0 saturated carbocycles. The zero-order valence-corrected chi connectivity index (χ0v) is 22.6. The molecule has 6 aromatic rings. The molecule has 0 fully saturated rings. The first-order valence-electron chi connectivity index (χ1n) is 11.6. The van der Waals surface area contributed by atoms with E-state index in [1.54, 1.807) is 0 Å². The van der Waals surface area contributed by atoms with E-state index in [0.717, 1.165) is 22.5 Å². The average molecular weight is 657 g/mol. The van der Waals surface area contributed by atoms with Gasteiger partial charge in [-0.05, 0) is 23.5 Å². The molecule has 0 aliphatic heterocycles. The summed E-state index contributed by atoms with van der Waals surface area (Å²) in [7, 11) is -1.43. The van der Waals surface area contributed by atoms with E-state index in [1.165, 1.54) is 26.3 Å². The van der Waals surface area contributed by atoms with Crippen LogP contribution in [0.3, 0.4) is 0 Å². The second-order valence-corrected chi connectivity index (χ2v) is 10.7. The molecule has 2 aromatic heterocycles. The van der Waals surface area contributed by atoms with Crippen molar-refractivity contribution in [3.63, 3.8) is 0 Å². The van der Waals surface area contributed by atoms with Crippen molar-refractivity contribution in [3.8, 4) is 22.5 Å². The van der Waals surface area contributed by atoms with Crippen molar-refractivity contribution in [2.75, 3.05) is 0 Å². The predicted molar refractivity (Wildman–Crippen MR) is 146 cm³/mol. The first-order valence-corrected chi connectivity index (χ1v) is 13.1. The van der Waals surface area contributed by atoms with Gasteiger partial charge < -0.3 is 9.97 Å². The quantitative estimate of drug-likeness (QED) is 0.147. The summed E-state index contributed by atoms with van der Waals surface area (Å²) in [6.45, 7) is 0. The van der Waals surface area contributed by atoms with E-state index in [-0.39, 0.29) is 21.1 Å². The smallest absolute Gasteiger partial charge is 0.305 e. The van der Waals surface area contributed by atoms with Gasteiger partial charge in [-0.2, -0.15) is 0 Å². The van der Waals surface area contributed by atoms with Crippen LogP contribution in [0.5, 0.6) is 0 Å². The molecule has 2 nitrogen and oxygen atoms in total. The predicted octanol–water partition coefficient (Wildman–Crippen LogP) is 5.08. The van der Waals surface area contributed by atoms with Crippen LogP contribution in [0.2, 0.25) is 0 Å². The summed E-state index contributed by atoms with van der Waals surface area (Å²) in [5, 5.41) is 6.12. The normalized spacial score (nSPS) is 10.8. The van der Waals surface area contributed by atoms with Gasteiger partial charge in [0, 0.05) is 12.4 Å². The molecule has 4 aromatic carbocycles. The number of hydrogen-bond donors (Lipinski definition) is 0. The fourth-order valence-electron chi connectivity index (χ4n) is 4.43. The summed E-state index contributed by atoms with van der Waals surface area (Å²) in [4.78, 5) is 9.18. The monoisotopic (exact) mass is 656 g/mol. The van der Waals surface area contributed by atoms with Crippen LogP contribution in [-0.4, -0.2) is 18.8 Å². The summed E-state index contributed by atoms with van der Waals surface area (Å²) in [6.07, 6.45) is 3.67. The zero-order chi connectivity index (χ0) is 23.5. The molecule has 36 heavy (non-hydrogen) atoms. The molecule has 0 amide bonds. The maximum absolute atomic E-state index is 4.62. The fraction of sp³-hybridized carbons (Fsp3) is 0. The van der Waals surface area contributed by atoms with Crippen LogP contribution >= 0.6 is 0 Å². The summed E-state index contributed by atoms with van der Waals surface area (Å²) in [5.74, 6) is 0.